The predicted molar refractivity (Wildman–Crippen MR) is 124 cm³/mol. The predicted octanol–water partition coefficient (Wildman–Crippen LogP) is 2.76. The second-order valence-electron chi connectivity index (χ2n) is 7.70. The number of para-hydroxylation sites is 2. The minimum Gasteiger partial charge on any atom is -0.495 e. The maximum absolute atomic E-state index is 12.6. The van der Waals surface area contributed by atoms with Crippen LogP contribution in [0, 0.1) is 0 Å². The van der Waals surface area contributed by atoms with Crippen molar-refractivity contribution in [2.45, 2.75) is 24.8 Å². The molecule has 1 amide bonds. The second kappa shape index (κ2) is 10.4. The maximum Gasteiger partial charge on any atom is 0.260 e. The van der Waals surface area contributed by atoms with Gasteiger partial charge in [0.2, 0.25) is 10.0 Å². The highest BCUT2D eigenvalue weighted by atomic mass is 35.5. The Balaban J connectivity index is 1.55. The van der Waals surface area contributed by atoms with Crippen LogP contribution in [0.15, 0.2) is 47.4 Å². The summed E-state index contributed by atoms with van der Waals surface area (Å²) in [5, 5.41) is 0.130. The summed E-state index contributed by atoms with van der Waals surface area (Å²) in [5.41, 5.74) is 1.01. The Bertz CT molecular complexity index is 1050. The van der Waals surface area contributed by atoms with E-state index in [0.717, 1.165) is 11.4 Å². The number of benzene rings is 2. The molecule has 2 aromatic rings. The summed E-state index contributed by atoms with van der Waals surface area (Å²) in [6.07, 6.45) is 0. The molecule has 0 bridgehead atoms. The number of nitrogens with one attached hydrogen (secondary N) is 1. The van der Waals surface area contributed by atoms with E-state index in [1.165, 1.54) is 18.2 Å². The van der Waals surface area contributed by atoms with E-state index in [2.05, 4.69) is 9.62 Å². The molecule has 0 saturated carbocycles. The highest BCUT2D eigenvalue weighted by molar-refractivity contribution is 7.89. The number of hydrogen-bond acceptors (Lipinski definition) is 6. The maximum atomic E-state index is 12.6. The summed E-state index contributed by atoms with van der Waals surface area (Å²) in [5.74, 6) is 0.911. The summed E-state index contributed by atoms with van der Waals surface area (Å²) in [4.78, 5) is 16.6. The van der Waals surface area contributed by atoms with Crippen molar-refractivity contribution in [3.63, 3.8) is 0 Å². The van der Waals surface area contributed by atoms with Gasteiger partial charge >= 0.3 is 0 Å². The second-order valence-corrected chi connectivity index (χ2v) is 9.82. The van der Waals surface area contributed by atoms with E-state index >= 15 is 0 Å². The summed E-state index contributed by atoms with van der Waals surface area (Å²) in [6, 6.07) is 11.7. The summed E-state index contributed by atoms with van der Waals surface area (Å²) in [6.45, 7) is 5.78. The molecular weight excluding hydrogens is 454 g/mol. The van der Waals surface area contributed by atoms with Crippen molar-refractivity contribution in [2.75, 3.05) is 44.8 Å². The number of amides is 1. The van der Waals surface area contributed by atoms with Gasteiger partial charge in [-0.1, -0.05) is 23.7 Å². The Labute approximate surface area is 194 Å². The molecule has 32 heavy (non-hydrogen) atoms. The number of carbonyl (C=O) groups is 1. The lowest BCUT2D eigenvalue weighted by molar-refractivity contribution is -0.133. The van der Waals surface area contributed by atoms with Gasteiger partial charge in [0.1, 0.15) is 11.5 Å². The smallest absolute Gasteiger partial charge is 0.260 e. The van der Waals surface area contributed by atoms with Gasteiger partial charge in [0.25, 0.3) is 5.91 Å². The van der Waals surface area contributed by atoms with Crippen molar-refractivity contribution in [3.05, 3.63) is 47.5 Å². The molecule has 10 heteroatoms. The van der Waals surface area contributed by atoms with E-state index in [-0.39, 0.29) is 34.2 Å². The van der Waals surface area contributed by atoms with Crippen LogP contribution in [0.5, 0.6) is 11.5 Å². The number of anilines is 1. The van der Waals surface area contributed by atoms with Gasteiger partial charge < -0.3 is 19.3 Å². The number of carbonyl (C=O) groups excluding carboxylic acids is 1. The molecule has 174 valence electrons. The minimum absolute atomic E-state index is 0.0438. The zero-order valence-electron chi connectivity index (χ0n) is 18.4. The van der Waals surface area contributed by atoms with Crippen LogP contribution in [-0.2, 0) is 14.8 Å². The van der Waals surface area contributed by atoms with Crippen molar-refractivity contribution in [1.82, 2.24) is 9.62 Å². The van der Waals surface area contributed by atoms with E-state index in [1.54, 1.807) is 25.9 Å². The van der Waals surface area contributed by atoms with Gasteiger partial charge in [-0.25, -0.2) is 13.1 Å². The zero-order chi connectivity index (χ0) is 23.3. The Morgan fingerprint density at radius 3 is 2.41 bits per heavy atom. The fourth-order valence-electron chi connectivity index (χ4n) is 3.46. The van der Waals surface area contributed by atoms with Crippen molar-refractivity contribution < 1.29 is 22.7 Å². The van der Waals surface area contributed by atoms with Gasteiger partial charge in [-0.2, -0.15) is 0 Å². The van der Waals surface area contributed by atoms with Crippen LogP contribution < -0.4 is 19.1 Å². The van der Waals surface area contributed by atoms with Crippen LogP contribution >= 0.6 is 11.6 Å². The monoisotopic (exact) mass is 481 g/mol. The van der Waals surface area contributed by atoms with Gasteiger partial charge in [-0.15, -0.1) is 0 Å². The Morgan fingerprint density at radius 1 is 1.09 bits per heavy atom. The van der Waals surface area contributed by atoms with Crippen molar-refractivity contribution in [1.29, 1.82) is 0 Å². The molecule has 1 heterocycles. The number of nitrogens with zero attached hydrogens (tertiary/aromatic N) is 2. The summed E-state index contributed by atoms with van der Waals surface area (Å²) >= 11 is 6.20. The van der Waals surface area contributed by atoms with Crippen LogP contribution in [-0.4, -0.2) is 65.2 Å². The van der Waals surface area contributed by atoms with Crippen molar-refractivity contribution in [3.8, 4) is 11.5 Å². The molecule has 0 atom stereocenters. The van der Waals surface area contributed by atoms with Crippen LogP contribution in [0.4, 0.5) is 5.69 Å². The minimum atomic E-state index is -3.66. The third-order valence-corrected chi connectivity index (χ3v) is 6.97. The highest BCUT2D eigenvalue weighted by Crippen LogP contribution is 2.29. The molecular formula is C22H28ClN3O5S. The number of ether oxygens (including phenoxy) is 2. The van der Waals surface area contributed by atoms with E-state index in [4.69, 9.17) is 21.1 Å². The number of hydrogen-bond donors (Lipinski definition) is 1. The fourth-order valence-corrected chi connectivity index (χ4v) is 5.04. The number of methoxy groups -OCH3 is 1. The SMILES string of the molecule is COc1ccccc1N1CCN(C(=O)COc2ccc(S(=O)(=O)NC(C)C)cc2Cl)CC1. The molecule has 8 nitrogen and oxygen atoms in total. The first-order chi connectivity index (χ1) is 15.2. The normalized spacial score (nSPS) is 14.5. The first-order valence-corrected chi connectivity index (χ1v) is 12.2. The molecule has 0 aliphatic carbocycles. The fraction of sp³-hybridized carbons (Fsp3) is 0.409. The number of sulfonamides is 1. The average Bonchev–Trinajstić information content (AvgIpc) is 2.77. The Hall–Kier alpha value is -2.49. The molecule has 1 aliphatic rings. The van der Waals surface area contributed by atoms with E-state index in [0.29, 0.717) is 26.2 Å². The summed E-state index contributed by atoms with van der Waals surface area (Å²) in [7, 11) is -2.02. The molecule has 0 radical (unpaired) electrons. The molecule has 1 aliphatic heterocycles. The van der Waals surface area contributed by atoms with E-state index in [9.17, 15) is 13.2 Å². The van der Waals surface area contributed by atoms with Crippen LogP contribution in [0.2, 0.25) is 5.02 Å². The van der Waals surface area contributed by atoms with Gasteiger partial charge in [-0.05, 0) is 44.2 Å². The highest BCUT2D eigenvalue weighted by Gasteiger charge is 2.24. The first-order valence-electron chi connectivity index (χ1n) is 10.3. The number of rotatable bonds is 8. The zero-order valence-corrected chi connectivity index (χ0v) is 19.9. The molecule has 1 saturated heterocycles. The van der Waals surface area contributed by atoms with Crippen LogP contribution in [0.3, 0.4) is 0 Å². The topological polar surface area (TPSA) is 88.2 Å². The lowest BCUT2D eigenvalue weighted by Crippen LogP contribution is -2.50. The van der Waals surface area contributed by atoms with Gasteiger partial charge in [0, 0.05) is 32.2 Å². The van der Waals surface area contributed by atoms with Gasteiger partial charge in [-0.3, -0.25) is 4.79 Å². The lowest BCUT2D eigenvalue weighted by Gasteiger charge is -2.36. The number of piperazine rings is 1. The Morgan fingerprint density at radius 2 is 1.78 bits per heavy atom. The van der Waals surface area contributed by atoms with E-state index in [1.807, 2.05) is 24.3 Å². The van der Waals surface area contributed by atoms with Crippen LogP contribution in [0.1, 0.15) is 13.8 Å². The largest absolute Gasteiger partial charge is 0.495 e. The standard InChI is InChI=1S/C22H28ClN3O5S/c1-16(2)24-32(28,29)17-8-9-20(18(23)14-17)31-15-22(27)26-12-10-25(11-13-26)19-6-4-5-7-21(19)30-3/h4-9,14,16,24H,10-13,15H2,1-3H3. The van der Waals surface area contributed by atoms with Crippen molar-refractivity contribution >= 4 is 33.2 Å². The quantitative estimate of drug-likeness (QED) is 0.623. The van der Waals surface area contributed by atoms with E-state index < -0.39 is 10.0 Å². The Kier molecular flexibility index (Phi) is 7.86. The van der Waals surface area contributed by atoms with Crippen LogP contribution in [0.25, 0.3) is 0 Å². The van der Waals surface area contributed by atoms with Gasteiger partial charge in [0.15, 0.2) is 6.61 Å². The lowest BCUT2D eigenvalue weighted by atomic mass is 10.2. The van der Waals surface area contributed by atoms with Gasteiger partial charge in [0.05, 0.1) is 22.7 Å². The molecule has 0 unspecified atom stereocenters. The molecule has 3 rings (SSSR count). The third-order valence-electron chi connectivity index (χ3n) is 5.01. The number of halogens is 1. The first kappa shape index (κ1) is 24.2. The molecule has 1 fully saturated rings. The molecule has 0 spiro atoms. The van der Waals surface area contributed by atoms with Crippen molar-refractivity contribution in [2.24, 2.45) is 0 Å². The molecule has 0 aromatic heterocycles. The molecule has 2 aromatic carbocycles. The third kappa shape index (κ3) is 5.85. The molecule has 1 N–H and O–H groups in total. The summed E-state index contributed by atoms with van der Waals surface area (Å²) < 4.78 is 38.0. The average molecular weight is 482 g/mol.